The van der Waals surface area contributed by atoms with Gasteiger partial charge in [0.1, 0.15) is 23.2 Å². The number of carbonyl (C=O) groups is 2. The van der Waals surface area contributed by atoms with Crippen LogP contribution >= 0.6 is 0 Å². The van der Waals surface area contributed by atoms with Gasteiger partial charge in [-0.05, 0) is 97.6 Å². The summed E-state index contributed by atoms with van der Waals surface area (Å²) in [6, 6.07) is 15.2. The second-order valence-electron chi connectivity index (χ2n) is 11.4. The summed E-state index contributed by atoms with van der Waals surface area (Å²) in [5.74, 6) is -4.49. The number of carboxylic acid groups (broad SMARTS) is 1. The second kappa shape index (κ2) is 14.8. The van der Waals surface area contributed by atoms with Gasteiger partial charge in [-0.15, -0.1) is 0 Å². The molecule has 1 saturated carbocycles. The van der Waals surface area contributed by atoms with Gasteiger partial charge in [0.25, 0.3) is 5.91 Å². The fraction of sp³-hybridized carbons (Fsp3) is 0.375. The van der Waals surface area contributed by atoms with Gasteiger partial charge in [-0.2, -0.15) is 13.2 Å². The summed E-state index contributed by atoms with van der Waals surface area (Å²) in [6.07, 6.45) is -0.831. The molecule has 254 valence electrons. The zero-order valence-corrected chi connectivity index (χ0v) is 25.9. The summed E-state index contributed by atoms with van der Waals surface area (Å²) in [7, 11) is -3.83. The van der Waals surface area contributed by atoms with Crippen LogP contribution in [0.4, 0.5) is 26.3 Å². The molecule has 1 aliphatic carbocycles. The average molecular weight is 687 g/mol. The first-order valence-corrected chi connectivity index (χ1v) is 16.4. The van der Waals surface area contributed by atoms with Crippen LogP contribution in [0.15, 0.2) is 60.7 Å². The number of nitrogens with zero attached hydrogens (tertiary/aromatic N) is 1. The van der Waals surface area contributed by atoms with Crippen LogP contribution in [-0.4, -0.2) is 62.4 Å². The molecule has 2 fully saturated rings. The highest BCUT2D eigenvalue weighted by Gasteiger charge is 2.38. The van der Waals surface area contributed by atoms with E-state index in [0.717, 1.165) is 56.2 Å². The van der Waals surface area contributed by atoms with Crippen molar-refractivity contribution in [3.05, 3.63) is 100 Å². The summed E-state index contributed by atoms with van der Waals surface area (Å²) in [6.45, 7) is 1.85. The Morgan fingerprint density at radius 3 is 1.83 bits per heavy atom. The minimum absolute atomic E-state index is 0.148. The van der Waals surface area contributed by atoms with Crippen LogP contribution < -0.4 is 9.46 Å². The summed E-state index contributed by atoms with van der Waals surface area (Å²) in [5, 5.41) is 7.12. The van der Waals surface area contributed by atoms with Crippen molar-refractivity contribution in [3.63, 3.8) is 0 Å². The normalized spacial score (nSPS) is 15.9. The van der Waals surface area contributed by atoms with Crippen molar-refractivity contribution < 1.29 is 54.2 Å². The number of sulfonamides is 1. The molecule has 1 heterocycles. The molecule has 0 aromatic heterocycles. The Hall–Kier alpha value is -4.11. The molecule has 47 heavy (non-hydrogen) atoms. The molecule has 1 saturated heterocycles. The van der Waals surface area contributed by atoms with Gasteiger partial charge in [-0.25, -0.2) is 31.1 Å². The minimum atomic E-state index is -5.08. The van der Waals surface area contributed by atoms with E-state index in [-0.39, 0.29) is 35.1 Å². The van der Waals surface area contributed by atoms with E-state index in [1.807, 2.05) is 4.72 Å². The Morgan fingerprint density at radius 2 is 1.40 bits per heavy atom. The largest absolute Gasteiger partial charge is 0.493 e. The second-order valence-corrected chi connectivity index (χ2v) is 13.2. The summed E-state index contributed by atoms with van der Waals surface area (Å²) in [4.78, 5) is 23.5. The molecule has 8 nitrogen and oxygen atoms in total. The third-order valence-electron chi connectivity index (χ3n) is 7.74. The van der Waals surface area contributed by atoms with E-state index in [1.165, 1.54) is 36.4 Å². The summed E-state index contributed by atoms with van der Waals surface area (Å²) in [5.41, 5.74) is 2.24. The topological polar surface area (TPSA) is 113 Å². The first-order chi connectivity index (χ1) is 22.0. The highest BCUT2D eigenvalue weighted by atomic mass is 32.2. The van der Waals surface area contributed by atoms with Crippen molar-refractivity contribution in [1.82, 2.24) is 9.62 Å². The van der Waals surface area contributed by atoms with Gasteiger partial charge in [0.2, 0.25) is 10.0 Å². The van der Waals surface area contributed by atoms with Gasteiger partial charge in [0, 0.05) is 6.07 Å². The Balaban J connectivity index is 0.000000644. The molecule has 3 aromatic carbocycles. The van der Waals surface area contributed by atoms with E-state index in [9.17, 15) is 39.6 Å². The number of piperidine rings is 1. The highest BCUT2D eigenvalue weighted by Crippen LogP contribution is 2.45. The number of rotatable bonds is 9. The zero-order valence-electron chi connectivity index (χ0n) is 25.1. The number of alkyl halides is 3. The van der Waals surface area contributed by atoms with E-state index in [1.54, 1.807) is 24.3 Å². The van der Waals surface area contributed by atoms with E-state index >= 15 is 0 Å². The van der Waals surface area contributed by atoms with Crippen LogP contribution in [0, 0.1) is 23.4 Å². The minimum Gasteiger partial charge on any atom is -0.493 e. The number of benzene rings is 3. The number of carbonyl (C=O) groups excluding carboxylic acids is 1. The molecule has 2 aliphatic rings. The van der Waals surface area contributed by atoms with Crippen LogP contribution in [0.2, 0.25) is 0 Å². The summed E-state index contributed by atoms with van der Waals surface area (Å²) >= 11 is 0. The average Bonchev–Trinajstić information content (AvgIpc) is 3.83. The van der Waals surface area contributed by atoms with E-state index in [4.69, 9.17) is 14.6 Å². The van der Waals surface area contributed by atoms with Gasteiger partial charge in [-0.1, -0.05) is 24.3 Å². The number of ether oxygens (including phenoxy) is 1. The molecule has 15 heteroatoms. The van der Waals surface area contributed by atoms with E-state index in [0.29, 0.717) is 17.9 Å². The molecular weight excluding hydrogens is 654 g/mol. The number of aliphatic carboxylic acids is 1. The van der Waals surface area contributed by atoms with E-state index < -0.39 is 33.9 Å². The van der Waals surface area contributed by atoms with Crippen LogP contribution in [-0.2, 0) is 14.8 Å². The Morgan fingerprint density at radius 1 is 0.915 bits per heavy atom. The van der Waals surface area contributed by atoms with Gasteiger partial charge >= 0.3 is 12.1 Å². The van der Waals surface area contributed by atoms with Crippen molar-refractivity contribution >= 4 is 21.9 Å². The zero-order chi connectivity index (χ0) is 34.5. The molecule has 0 atom stereocenters. The van der Waals surface area contributed by atoms with E-state index in [2.05, 4.69) is 4.90 Å². The molecule has 0 unspecified atom stereocenters. The van der Waals surface area contributed by atoms with Crippen molar-refractivity contribution in [1.29, 1.82) is 0 Å². The monoisotopic (exact) mass is 686 g/mol. The number of amides is 1. The lowest BCUT2D eigenvalue weighted by Gasteiger charge is -2.38. The lowest BCUT2D eigenvalue weighted by Crippen LogP contribution is -2.38. The third-order valence-corrected chi connectivity index (χ3v) is 8.30. The van der Waals surface area contributed by atoms with Crippen LogP contribution in [0.25, 0.3) is 0 Å². The molecular formula is C32H32F6N2O6S. The van der Waals surface area contributed by atoms with Gasteiger partial charge in [0.05, 0.1) is 24.5 Å². The predicted molar refractivity (Wildman–Crippen MR) is 159 cm³/mol. The van der Waals surface area contributed by atoms with Crippen LogP contribution in [0.5, 0.6) is 5.75 Å². The maximum atomic E-state index is 14.8. The number of hydrogen-bond acceptors (Lipinski definition) is 6. The van der Waals surface area contributed by atoms with Crippen molar-refractivity contribution in [3.8, 4) is 5.75 Å². The number of halogens is 6. The predicted octanol–water partition coefficient (Wildman–Crippen LogP) is 6.18. The molecule has 1 amide bonds. The third kappa shape index (κ3) is 10.2. The fourth-order valence-electron chi connectivity index (χ4n) is 5.30. The lowest BCUT2D eigenvalue weighted by molar-refractivity contribution is -0.192. The molecule has 0 radical (unpaired) electrons. The standard InChI is InChI=1S/C30H31F3N2O4S.C2HF3O2/c1-40(37,38)34-30(36)26-16-25(20-2-3-20)28(17-27(26)33)39-18-19-12-14-35(15-13-19)29(21-4-8-23(31)9-5-21)22-6-10-24(32)11-7-22;3-2(4,5)1(6)7/h4-11,16-17,19-20,29H,2-3,12-15,18H2,1H3,(H,34,36);(H,6,7). The molecule has 0 bridgehead atoms. The van der Waals surface area contributed by atoms with Crippen molar-refractivity contribution in [2.75, 3.05) is 26.0 Å². The SMILES string of the molecule is CS(=O)(=O)NC(=O)c1cc(C2CC2)c(OCC2CCN(C(c3ccc(F)cc3)c3ccc(F)cc3)CC2)cc1F.O=C(O)C(F)(F)F. The number of carboxylic acids is 1. The quantitative estimate of drug-likeness (QED) is 0.259. The molecule has 1 aliphatic heterocycles. The Labute approximate surface area is 267 Å². The van der Waals surface area contributed by atoms with Gasteiger partial charge in [-0.3, -0.25) is 9.69 Å². The molecule has 3 aromatic rings. The molecule has 2 N–H and O–H groups in total. The number of hydrogen-bond donors (Lipinski definition) is 2. The smallest absolute Gasteiger partial charge is 0.490 e. The first-order valence-electron chi connectivity index (χ1n) is 14.5. The first kappa shape index (κ1) is 35.7. The number of nitrogens with one attached hydrogen (secondary N) is 1. The van der Waals surface area contributed by atoms with Crippen molar-refractivity contribution in [2.24, 2.45) is 5.92 Å². The molecule has 5 rings (SSSR count). The fourth-order valence-corrected chi connectivity index (χ4v) is 5.74. The van der Waals surface area contributed by atoms with Crippen molar-refractivity contribution in [2.45, 2.75) is 43.8 Å². The lowest BCUT2D eigenvalue weighted by atomic mass is 9.91. The van der Waals surface area contributed by atoms with Crippen LogP contribution in [0.1, 0.15) is 64.7 Å². The summed E-state index contributed by atoms with van der Waals surface area (Å²) < 4.78 is 105. The number of likely N-dealkylation sites (tertiary alicyclic amines) is 1. The Bertz CT molecular complexity index is 1630. The van der Waals surface area contributed by atoms with Gasteiger partial charge < -0.3 is 9.84 Å². The maximum Gasteiger partial charge on any atom is 0.490 e. The Kier molecular flexibility index (Phi) is 11.2. The van der Waals surface area contributed by atoms with Crippen LogP contribution in [0.3, 0.4) is 0 Å². The highest BCUT2D eigenvalue weighted by molar-refractivity contribution is 7.89. The molecule has 0 spiro atoms. The van der Waals surface area contributed by atoms with Gasteiger partial charge in [0.15, 0.2) is 0 Å². The maximum absolute atomic E-state index is 14.8.